The van der Waals surface area contributed by atoms with E-state index in [0.717, 1.165) is 61.2 Å². The number of aromatic nitrogens is 4. The van der Waals surface area contributed by atoms with E-state index in [9.17, 15) is 9.90 Å². The number of benzene rings is 2. The lowest BCUT2D eigenvalue weighted by atomic mass is 9.85. The van der Waals surface area contributed by atoms with Crippen LogP contribution in [0.15, 0.2) is 91.0 Å². The third-order valence-corrected chi connectivity index (χ3v) is 8.11. The summed E-state index contributed by atoms with van der Waals surface area (Å²) in [5, 5.41) is 12.7. The van der Waals surface area contributed by atoms with E-state index >= 15 is 0 Å². The van der Waals surface area contributed by atoms with E-state index in [1.54, 1.807) is 6.92 Å². The van der Waals surface area contributed by atoms with E-state index in [4.69, 9.17) is 4.74 Å². The average Bonchev–Trinajstić information content (AvgIpc) is 3.88. The van der Waals surface area contributed by atoms with Crippen LogP contribution in [0.3, 0.4) is 0 Å². The van der Waals surface area contributed by atoms with Crippen LogP contribution in [0.4, 0.5) is 0 Å². The average molecular weight is 611 g/mol. The van der Waals surface area contributed by atoms with Gasteiger partial charge in [0.15, 0.2) is 0 Å². The molecular weight excluding hydrogens is 572 g/mol. The SMILES string of the molecule is C1=Cc2cc3ccc(cc4nc(cc5ccc(cc1n2)[nH]5)C=C4)[nH]3.CCOC(=O)CCC(c1cccc2ccccc12)C(O)CC. The van der Waals surface area contributed by atoms with E-state index < -0.39 is 6.10 Å². The number of nitrogens with zero attached hydrogens (tertiary/aromatic N) is 2. The van der Waals surface area contributed by atoms with Crippen molar-refractivity contribution >= 4 is 63.1 Å². The second-order valence-electron chi connectivity index (χ2n) is 11.4. The normalized spacial score (nSPS) is 13.2. The Morgan fingerprint density at radius 2 is 1.22 bits per heavy atom. The lowest BCUT2D eigenvalue weighted by molar-refractivity contribution is -0.143. The summed E-state index contributed by atoms with van der Waals surface area (Å²) < 4.78 is 5.01. The highest BCUT2D eigenvalue weighted by Gasteiger charge is 2.23. The molecule has 2 atom stereocenters. The monoisotopic (exact) mass is 610 g/mol. The van der Waals surface area contributed by atoms with Crippen molar-refractivity contribution < 1.29 is 14.6 Å². The molecule has 7 nitrogen and oxygen atoms in total. The highest BCUT2D eigenvalue weighted by atomic mass is 16.5. The van der Waals surface area contributed by atoms with Crippen molar-refractivity contribution in [3.8, 4) is 0 Å². The van der Waals surface area contributed by atoms with Gasteiger partial charge in [0.2, 0.25) is 0 Å². The summed E-state index contributed by atoms with van der Waals surface area (Å²) in [6.07, 6.45) is 9.23. The molecule has 2 unspecified atom stereocenters. The first-order valence-corrected chi connectivity index (χ1v) is 15.8. The molecule has 5 heterocycles. The Labute approximate surface area is 268 Å². The number of aliphatic hydroxyl groups excluding tert-OH is 1. The molecule has 7 rings (SSSR count). The van der Waals surface area contributed by atoms with Crippen LogP contribution in [0.5, 0.6) is 0 Å². The molecule has 46 heavy (non-hydrogen) atoms. The molecule has 3 N–H and O–H groups in total. The Morgan fingerprint density at radius 1 is 0.717 bits per heavy atom. The lowest BCUT2D eigenvalue weighted by Gasteiger charge is -2.23. The quantitative estimate of drug-likeness (QED) is 0.157. The van der Waals surface area contributed by atoms with Crippen LogP contribution in [0.2, 0.25) is 0 Å². The van der Waals surface area contributed by atoms with E-state index in [0.29, 0.717) is 25.9 Å². The minimum atomic E-state index is -0.458. The molecule has 2 aliphatic heterocycles. The van der Waals surface area contributed by atoms with Crippen molar-refractivity contribution in [2.24, 2.45) is 0 Å². The Balaban J connectivity index is 0.000000163. The van der Waals surface area contributed by atoms with Gasteiger partial charge in [-0.05, 0) is 109 Å². The molecule has 0 aliphatic carbocycles. The van der Waals surface area contributed by atoms with Gasteiger partial charge in [0, 0.05) is 34.4 Å². The van der Waals surface area contributed by atoms with Gasteiger partial charge in [-0.15, -0.1) is 0 Å². The number of H-pyrrole nitrogens is 2. The van der Waals surface area contributed by atoms with Crippen molar-refractivity contribution in [3.05, 3.63) is 119 Å². The molecule has 5 aromatic rings. The second-order valence-corrected chi connectivity index (χ2v) is 11.4. The number of carbonyl (C=O) groups is 1. The Hall–Kier alpha value is -5.27. The molecule has 2 aliphatic rings. The number of nitrogens with one attached hydrogen (secondary N) is 2. The van der Waals surface area contributed by atoms with Gasteiger partial charge in [-0.2, -0.15) is 0 Å². The molecular formula is C39H38N4O3. The predicted octanol–water partition coefficient (Wildman–Crippen LogP) is 8.69. The second kappa shape index (κ2) is 14.2. The zero-order chi connectivity index (χ0) is 31.9. The molecule has 0 saturated heterocycles. The van der Waals surface area contributed by atoms with Crippen molar-refractivity contribution in [3.63, 3.8) is 0 Å². The number of rotatable bonds is 7. The molecule has 0 saturated carbocycles. The van der Waals surface area contributed by atoms with Gasteiger partial charge in [-0.3, -0.25) is 4.79 Å². The first-order valence-electron chi connectivity index (χ1n) is 15.8. The molecule has 3 aromatic heterocycles. The number of esters is 1. The summed E-state index contributed by atoms with van der Waals surface area (Å²) >= 11 is 0. The number of aliphatic hydroxyl groups is 1. The van der Waals surface area contributed by atoms with Crippen molar-refractivity contribution in [1.29, 1.82) is 0 Å². The largest absolute Gasteiger partial charge is 0.466 e. The molecule has 0 amide bonds. The molecule has 2 aromatic carbocycles. The van der Waals surface area contributed by atoms with Gasteiger partial charge in [-0.25, -0.2) is 9.97 Å². The highest BCUT2D eigenvalue weighted by Crippen LogP contribution is 2.32. The Bertz CT molecular complexity index is 1890. The summed E-state index contributed by atoms with van der Waals surface area (Å²) in [7, 11) is 0. The lowest BCUT2D eigenvalue weighted by Crippen LogP contribution is -2.19. The van der Waals surface area contributed by atoms with E-state index in [2.05, 4.69) is 68.5 Å². The van der Waals surface area contributed by atoms with Gasteiger partial charge in [0.25, 0.3) is 0 Å². The molecule has 0 radical (unpaired) electrons. The first-order chi connectivity index (χ1) is 22.5. The number of aromatic amines is 2. The summed E-state index contributed by atoms with van der Waals surface area (Å²) in [4.78, 5) is 27.7. The molecule has 0 spiro atoms. The predicted molar refractivity (Wildman–Crippen MR) is 188 cm³/mol. The smallest absolute Gasteiger partial charge is 0.305 e. The van der Waals surface area contributed by atoms with Crippen molar-refractivity contribution in [2.75, 3.05) is 6.61 Å². The summed E-state index contributed by atoms with van der Waals surface area (Å²) in [6, 6.07) is 30.7. The molecule has 232 valence electrons. The van der Waals surface area contributed by atoms with E-state index in [1.165, 1.54) is 0 Å². The van der Waals surface area contributed by atoms with Gasteiger partial charge in [0.1, 0.15) is 0 Å². The number of ether oxygens (including phenoxy) is 1. The maximum atomic E-state index is 11.6. The zero-order valence-electron chi connectivity index (χ0n) is 26.1. The fraction of sp³-hybridized carbons (Fsp3) is 0.205. The van der Waals surface area contributed by atoms with Gasteiger partial charge in [0.05, 0.1) is 35.5 Å². The maximum Gasteiger partial charge on any atom is 0.305 e. The minimum Gasteiger partial charge on any atom is -0.466 e. The van der Waals surface area contributed by atoms with Crippen LogP contribution in [0.25, 0.3) is 57.1 Å². The van der Waals surface area contributed by atoms with Crippen LogP contribution in [-0.2, 0) is 9.53 Å². The Morgan fingerprint density at radius 3 is 1.72 bits per heavy atom. The number of carbonyl (C=O) groups excluding carboxylic acids is 1. The standard InChI is InChI=1S/C20H14N4.C19H24O3/c1-2-14-10-16-5-6-18(23-16)12-20-8-7-19(24-20)11-17-4-3-15(22-17)9-13(1)21-14;1-3-18(20)17(12-13-19(21)22-4-2)16-11-7-9-14-8-5-6-10-15(14)16/h1-12,21,24H;5-11,17-18,20H,3-4,12-13H2,1-2H3. The topological polar surface area (TPSA) is 104 Å². The van der Waals surface area contributed by atoms with Crippen molar-refractivity contribution in [2.45, 2.75) is 45.1 Å². The maximum absolute atomic E-state index is 11.6. The minimum absolute atomic E-state index is 0.0551. The summed E-state index contributed by atoms with van der Waals surface area (Å²) in [5.41, 5.74) is 8.97. The highest BCUT2D eigenvalue weighted by molar-refractivity contribution is 5.86. The van der Waals surface area contributed by atoms with E-state index in [1.807, 2.05) is 73.7 Å². The van der Waals surface area contributed by atoms with Crippen LogP contribution >= 0.6 is 0 Å². The number of hydrogen-bond acceptors (Lipinski definition) is 5. The third kappa shape index (κ3) is 7.50. The Kier molecular flexibility index (Phi) is 9.51. The van der Waals surface area contributed by atoms with Crippen LogP contribution in [-0.4, -0.2) is 43.7 Å². The fourth-order valence-corrected chi connectivity index (χ4v) is 5.86. The van der Waals surface area contributed by atoms with Crippen molar-refractivity contribution in [1.82, 2.24) is 19.9 Å². The summed E-state index contributed by atoms with van der Waals surface area (Å²) in [6.45, 7) is 4.17. The van der Waals surface area contributed by atoms with Gasteiger partial charge in [-0.1, -0.05) is 49.4 Å². The van der Waals surface area contributed by atoms with E-state index in [-0.39, 0.29) is 11.9 Å². The molecule has 8 bridgehead atoms. The number of hydrogen-bond donors (Lipinski definition) is 3. The van der Waals surface area contributed by atoms with Gasteiger partial charge < -0.3 is 19.8 Å². The summed E-state index contributed by atoms with van der Waals surface area (Å²) in [5.74, 6) is -0.253. The van der Waals surface area contributed by atoms with Gasteiger partial charge >= 0.3 is 5.97 Å². The molecule has 0 fully saturated rings. The molecule has 7 heteroatoms. The van der Waals surface area contributed by atoms with Crippen LogP contribution in [0.1, 0.15) is 67.4 Å². The third-order valence-electron chi connectivity index (χ3n) is 8.11. The fourth-order valence-electron chi connectivity index (χ4n) is 5.86. The zero-order valence-corrected chi connectivity index (χ0v) is 26.1. The van der Waals surface area contributed by atoms with Crippen LogP contribution in [0, 0.1) is 0 Å². The number of fused-ring (bicyclic) bond motifs is 9. The van der Waals surface area contributed by atoms with Crippen LogP contribution < -0.4 is 0 Å². The first kappa shape index (κ1) is 30.7.